The monoisotopic (exact) mass is 425 g/mol. The number of aromatic nitrogens is 1. The van der Waals surface area contributed by atoms with Crippen molar-refractivity contribution < 1.29 is 15.0 Å². The molecule has 0 radical (unpaired) electrons. The van der Waals surface area contributed by atoms with Crippen molar-refractivity contribution in [2.45, 2.75) is 20.8 Å². The van der Waals surface area contributed by atoms with Crippen LogP contribution in [0.2, 0.25) is 0 Å². The molecule has 1 heterocycles. The van der Waals surface area contributed by atoms with Crippen molar-refractivity contribution in [1.29, 1.82) is 0 Å². The van der Waals surface area contributed by atoms with E-state index in [1.165, 1.54) is 18.2 Å². The number of aromatic hydroxyl groups is 2. The number of hydrogen-bond donors (Lipinski definition) is 3. The SMILES string of the molecule is C/C(=N\NC(=O)c1cc(-c2ccc(C)cc2)nc2ccc(C)cc12)c1cc(O)ccc1O. The number of fused-ring (bicyclic) bond motifs is 1. The Morgan fingerprint density at radius 3 is 2.34 bits per heavy atom. The predicted molar refractivity (Wildman–Crippen MR) is 126 cm³/mol. The van der Waals surface area contributed by atoms with Crippen molar-refractivity contribution in [3.05, 3.63) is 89.0 Å². The summed E-state index contributed by atoms with van der Waals surface area (Å²) in [5, 5.41) is 24.6. The fourth-order valence-corrected chi connectivity index (χ4v) is 3.47. The first-order valence-corrected chi connectivity index (χ1v) is 10.2. The lowest BCUT2D eigenvalue weighted by Gasteiger charge is -2.11. The molecule has 3 aromatic carbocycles. The highest BCUT2D eigenvalue weighted by molar-refractivity contribution is 6.08. The van der Waals surface area contributed by atoms with Crippen LogP contribution in [0.15, 0.2) is 71.8 Å². The molecule has 0 saturated heterocycles. The number of hydrazone groups is 1. The van der Waals surface area contributed by atoms with Crippen LogP contribution < -0.4 is 5.43 Å². The number of hydrogen-bond acceptors (Lipinski definition) is 5. The number of aryl methyl sites for hydroxylation is 2. The maximum atomic E-state index is 13.1. The van der Waals surface area contributed by atoms with Gasteiger partial charge in [-0.05, 0) is 57.2 Å². The minimum Gasteiger partial charge on any atom is -0.508 e. The topological polar surface area (TPSA) is 94.8 Å². The Balaban J connectivity index is 1.74. The number of amides is 1. The minimum absolute atomic E-state index is 0.00276. The van der Waals surface area contributed by atoms with Crippen molar-refractivity contribution in [3.8, 4) is 22.8 Å². The molecule has 0 unspecified atom stereocenters. The van der Waals surface area contributed by atoms with E-state index in [0.717, 1.165) is 22.1 Å². The van der Waals surface area contributed by atoms with Crippen LogP contribution in [0.5, 0.6) is 11.5 Å². The molecule has 0 saturated carbocycles. The fourth-order valence-electron chi connectivity index (χ4n) is 3.47. The summed E-state index contributed by atoms with van der Waals surface area (Å²) < 4.78 is 0. The Kier molecular flexibility index (Phi) is 5.60. The molecule has 1 aromatic heterocycles. The smallest absolute Gasteiger partial charge is 0.272 e. The van der Waals surface area contributed by atoms with Crippen LogP contribution in [0, 0.1) is 13.8 Å². The fraction of sp³-hybridized carbons (Fsp3) is 0.115. The molecule has 0 aliphatic rings. The quantitative estimate of drug-likeness (QED) is 0.241. The molecule has 1 amide bonds. The van der Waals surface area contributed by atoms with Gasteiger partial charge in [-0.2, -0.15) is 5.10 Å². The van der Waals surface area contributed by atoms with Crippen LogP contribution in [-0.2, 0) is 0 Å². The van der Waals surface area contributed by atoms with Crippen molar-refractivity contribution in [2.24, 2.45) is 5.10 Å². The van der Waals surface area contributed by atoms with Crippen LogP contribution in [-0.4, -0.2) is 26.8 Å². The summed E-state index contributed by atoms with van der Waals surface area (Å²) >= 11 is 0. The lowest BCUT2D eigenvalue weighted by molar-refractivity contribution is 0.0956. The Labute approximate surface area is 185 Å². The van der Waals surface area contributed by atoms with Gasteiger partial charge in [-0.25, -0.2) is 10.4 Å². The first-order chi connectivity index (χ1) is 15.3. The molecule has 6 nitrogen and oxygen atoms in total. The molecule has 160 valence electrons. The second-order valence-corrected chi connectivity index (χ2v) is 7.78. The Morgan fingerprint density at radius 2 is 1.59 bits per heavy atom. The number of rotatable bonds is 4. The summed E-state index contributed by atoms with van der Waals surface area (Å²) in [6.45, 7) is 5.62. The van der Waals surface area contributed by atoms with E-state index in [1.807, 2.05) is 56.3 Å². The zero-order chi connectivity index (χ0) is 22.8. The number of nitrogens with zero attached hydrogens (tertiary/aromatic N) is 2. The number of carbonyl (C=O) groups is 1. The Hall–Kier alpha value is -4.19. The van der Waals surface area contributed by atoms with Gasteiger partial charge in [-0.3, -0.25) is 4.79 Å². The second kappa shape index (κ2) is 8.51. The molecule has 0 aliphatic carbocycles. The Morgan fingerprint density at radius 1 is 0.875 bits per heavy atom. The van der Waals surface area contributed by atoms with E-state index >= 15 is 0 Å². The summed E-state index contributed by atoms with van der Waals surface area (Å²) in [5.41, 5.74) is 8.19. The van der Waals surface area contributed by atoms with Crippen molar-refractivity contribution in [3.63, 3.8) is 0 Å². The van der Waals surface area contributed by atoms with E-state index < -0.39 is 5.91 Å². The average Bonchev–Trinajstić information content (AvgIpc) is 2.78. The summed E-state index contributed by atoms with van der Waals surface area (Å²) in [5.74, 6) is -0.433. The molecule has 6 heteroatoms. The number of phenolic OH excluding ortho intramolecular Hbond substituents is 2. The molecule has 4 rings (SSSR count). The van der Waals surface area contributed by atoms with Gasteiger partial charge in [-0.15, -0.1) is 0 Å². The van der Waals surface area contributed by atoms with E-state index in [1.54, 1.807) is 13.0 Å². The number of phenols is 2. The third-order valence-electron chi connectivity index (χ3n) is 5.25. The molecule has 0 bridgehead atoms. The van der Waals surface area contributed by atoms with E-state index in [2.05, 4.69) is 10.5 Å². The predicted octanol–water partition coefficient (Wildman–Crippen LogP) is 5.08. The molecule has 0 fully saturated rings. The lowest BCUT2D eigenvalue weighted by Crippen LogP contribution is -2.20. The lowest BCUT2D eigenvalue weighted by atomic mass is 10.0. The van der Waals surface area contributed by atoms with E-state index in [0.29, 0.717) is 28.0 Å². The zero-order valence-corrected chi connectivity index (χ0v) is 18.0. The molecule has 3 N–H and O–H groups in total. The first kappa shape index (κ1) is 21.1. The number of carbonyl (C=O) groups excluding carboxylic acids is 1. The summed E-state index contributed by atoms with van der Waals surface area (Å²) in [4.78, 5) is 17.9. The van der Waals surface area contributed by atoms with Gasteiger partial charge in [-0.1, -0.05) is 41.5 Å². The van der Waals surface area contributed by atoms with Gasteiger partial charge in [0.1, 0.15) is 11.5 Å². The van der Waals surface area contributed by atoms with Crippen LogP contribution in [0.3, 0.4) is 0 Å². The normalized spacial score (nSPS) is 11.5. The van der Waals surface area contributed by atoms with Gasteiger partial charge in [0.15, 0.2) is 0 Å². The van der Waals surface area contributed by atoms with Gasteiger partial charge in [0.2, 0.25) is 0 Å². The van der Waals surface area contributed by atoms with Crippen molar-refractivity contribution >= 4 is 22.5 Å². The van der Waals surface area contributed by atoms with Gasteiger partial charge < -0.3 is 10.2 Å². The van der Waals surface area contributed by atoms with Crippen LogP contribution in [0.25, 0.3) is 22.2 Å². The van der Waals surface area contributed by atoms with Gasteiger partial charge in [0.25, 0.3) is 5.91 Å². The molecular weight excluding hydrogens is 402 g/mol. The maximum absolute atomic E-state index is 13.1. The molecule has 0 atom stereocenters. The molecule has 32 heavy (non-hydrogen) atoms. The van der Waals surface area contributed by atoms with E-state index in [9.17, 15) is 15.0 Å². The third kappa shape index (κ3) is 4.30. The van der Waals surface area contributed by atoms with Crippen LogP contribution in [0.1, 0.15) is 34.0 Å². The van der Waals surface area contributed by atoms with Gasteiger partial charge >= 0.3 is 0 Å². The van der Waals surface area contributed by atoms with Crippen molar-refractivity contribution in [1.82, 2.24) is 10.4 Å². The molecule has 4 aromatic rings. The minimum atomic E-state index is -0.393. The summed E-state index contributed by atoms with van der Waals surface area (Å²) in [7, 11) is 0. The highest BCUT2D eigenvalue weighted by atomic mass is 16.3. The summed E-state index contributed by atoms with van der Waals surface area (Å²) in [6, 6.07) is 19.7. The molecule has 0 aliphatic heterocycles. The average molecular weight is 425 g/mol. The van der Waals surface area contributed by atoms with Crippen LogP contribution >= 0.6 is 0 Å². The van der Waals surface area contributed by atoms with Gasteiger partial charge in [0.05, 0.1) is 22.5 Å². The first-order valence-electron chi connectivity index (χ1n) is 10.2. The zero-order valence-electron chi connectivity index (χ0n) is 18.0. The van der Waals surface area contributed by atoms with Crippen LogP contribution in [0.4, 0.5) is 0 Å². The van der Waals surface area contributed by atoms with E-state index in [-0.39, 0.29) is 11.5 Å². The maximum Gasteiger partial charge on any atom is 0.272 e. The standard InChI is InChI=1S/C26H23N3O3/c1-15-4-7-18(8-5-15)24-14-22(21-12-16(2)6-10-23(21)27-24)26(32)29-28-17(3)20-13-19(30)9-11-25(20)31/h4-14,30-31H,1-3H3,(H,29,32)/b28-17+. The third-order valence-corrected chi connectivity index (χ3v) is 5.25. The van der Waals surface area contributed by atoms with Gasteiger partial charge in [0, 0.05) is 16.5 Å². The highest BCUT2D eigenvalue weighted by Gasteiger charge is 2.15. The van der Waals surface area contributed by atoms with Crippen molar-refractivity contribution in [2.75, 3.05) is 0 Å². The number of pyridine rings is 1. The number of nitrogens with one attached hydrogen (secondary N) is 1. The second-order valence-electron chi connectivity index (χ2n) is 7.78. The summed E-state index contributed by atoms with van der Waals surface area (Å²) in [6.07, 6.45) is 0. The highest BCUT2D eigenvalue weighted by Crippen LogP contribution is 2.26. The molecule has 0 spiro atoms. The van der Waals surface area contributed by atoms with E-state index in [4.69, 9.17) is 4.98 Å². The number of benzene rings is 3. The molecular formula is C26H23N3O3. The Bertz CT molecular complexity index is 1360. The largest absolute Gasteiger partial charge is 0.508 e.